The molecule has 0 saturated carbocycles. The summed E-state index contributed by atoms with van der Waals surface area (Å²) in [6.07, 6.45) is 1.71. The van der Waals surface area contributed by atoms with Crippen LogP contribution in [0.3, 0.4) is 0 Å². The van der Waals surface area contributed by atoms with E-state index in [1.165, 1.54) is 5.56 Å². The molecule has 25 heavy (non-hydrogen) atoms. The number of aryl methyl sites for hydroxylation is 1. The highest BCUT2D eigenvalue weighted by atomic mass is 32.1. The predicted molar refractivity (Wildman–Crippen MR) is 108 cm³/mol. The summed E-state index contributed by atoms with van der Waals surface area (Å²) in [6.45, 7) is 8.70. The van der Waals surface area contributed by atoms with E-state index in [2.05, 4.69) is 24.1 Å². The monoisotopic (exact) mass is 356 g/mol. The second kappa shape index (κ2) is 9.69. The molecule has 0 aliphatic heterocycles. The topological polar surface area (TPSA) is 42.5 Å². The summed E-state index contributed by atoms with van der Waals surface area (Å²) >= 11 is 5.36. The molecule has 0 heterocycles. The van der Waals surface area contributed by atoms with Crippen molar-refractivity contribution < 1.29 is 9.47 Å². The van der Waals surface area contributed by atoms with Gasteiger partial charge in [-0.15, -0.1) is 0 Å². The van der Waals surface area contributed by atoms with Crippen molar-refractivity contribution in [2.75, 3.05) is 18.5 Å². The summed E-state index contributed by atoms with van der Waals surface area (Å²) in [5.74, 6) is 1.62. The molecule has 4 nitrogen and oxygen atoms in total. The maximum Gasteiger partial charge on any atom is 0.171 e. The van der Waals surface area contributed by atoms with Gasteiger partial charge in [-0.2, -0.15) is 0 Å². The Hall–Kier alpha value is -2.53. The van der Waals surface area contributed by atoms with Crippen LogP contribution in [0.4, 0.5) is 5.69 Å². The van der Waals surface area contributed by atoms with Crippen molar-refractivity contribution in [3.8, 4) is 11.5 Å². The van der Waals surface area contributed by atoms with Crippen LogP contribution >= 0.6 is 12.2 Å². The second-order valence-corrected chi connectivity index (χ2v) is 6.16. The first-order chi connectivity index (χ1) is 12.1. The second-order valence-electron chi connectivity index (χ2n) is 5.75. The van der Waals surface area contributed by atoms with Crippen molar-refractivity contribution in [3.05, 3.63) is 66.7 Å². The van der Waals surface area contributed by atoms with Crippen LogP contribution in [0.15, 0.2) is 61.2 Å². The van der Waals surface area contributed by atoms with Gasteiger partial charge in [0.1, 0.15) is 24.7 Å². The van der Waals surface area contributed by atoms with Crippen LogP contribution in [-0.4, -0.2) is 24.4 Å². The zero-order valence-corrected chi connectivity index (χ0v) is 15.4. The van der Waals surface area contributed by atoms with Gasteiger partial charge < -0.3 is 20.1 Å². The van der Waals surface area contributed by atoms with E-state index in [0.29, 0.717) is 18.3 Å². The summed E-state index contributed by atoms with van der Waals surface area (Å²) in [7, 11) is 0. The Kier molecular flexibility index (Phi) is 7.29. The largest absolute Gasteiger partial charge is 0.491 e. The Morgan fingerprint density at radius 1 is 1.16 bits per heavy atom. The maximum atomic E-state index is 5.76. The first-order valence-corrected chi connectivity index (χ1v) is 8.58. The standard InChI is InChI=1S/C20H24N2O2S/c1-4-12-23-19-7-5-6-17(13-19)22-20(25)21-16(3)14-24-18-10-8-15(2)9-11-18/h4-11,13,16H,1,12,14H2,2-3H3,(H2,21,22,25)/t16-/m1/s1. The van der Waals surface area contributed by atoms with Crippen LogP contribution in [0.25, 0.3) is 0 Å². The van der Waals surface area contributed by atoms with Gasteiger partial charge in [-0.1, -0.05) is 36.4 Å². The minimum Gasteiger partial charge on any atom is -0.491 e. The van der Waals surface area contributed by atoms with E-state index < -0.39 is 0 Å². The molecule has 2 aromatic carbocycles. The number of anilines is 1. The molecule has 0 aromatic heterocycles. The van der Waals surface area contributed by atoms with Crippen LogP contribution in [0.5, 0.6) is 11.5 Å². The minimum absolute atomic E-state index is 0.0708. The summed E-state index contributed by atoms with van der Waals surface area (Å²) < 4.78 is 11.3. The normalized spacial score (nSPS) is 11.3. The van der Waals surface area contributed by atoms with Crippen molar-refractivity contribution in [1.29, 1.82) is 0 Å². The van der Waals surface area contributed by atoms with Crippen LogP contribution in [0.2, 0.25) is 0 Å². The summed E-state index contributed by atoms with van der Waals surface area (Å²) in [5, 5.41) is 6.91. The third-order valence-electron chi connectivity index (χ3n) is 3.36. The molecule has 0 saturated heterocycles. The zero-order chi connectivity index (χ0) is 18.1. The molecule has 0 aliphatic rings. The van der Waals surface area contributed by atoms with E-state index in [0.717, 1.165) is 17.2 Å². The summed E-state index contributed by atoms with van der Waals surface area (Å²) in [4.78, 5) is 0. The zero-order valence-electron chi connectivity index (χ0n) is 14.6. The van der Waals surface area contributed by atoms with E-state index in [4.69, 9.17) is 21.7 Å². The van der Waals surface area contributed by atoms with E-state index in [9.17, 15) is 0 Å². The number of hydrogen-bond donors (Lipinski definition) is 2. The van der Waals surface area contributed by atoms with Gasteiger partial charge in [-0.3, -0.25) is 0 Å². The molecule has 0 amide bonds. The van der Waals surface area contributed by atoms with Gasteiger partial charge in [-0.05, 0) is 50.3 Å². The smallest absolute Gasteiger partial charge is 0.171 e. The minimum atomic E-state index is 0.0708. The Morgan fingerprint density at radius 3 is 2.64 bits per heavy atom. The molecule has 0 bridgehead atoms. The third kappa shape index (κ3) is 6.85. The molecule has 2 N–H and O–H groups in total. The van der Waals surface area contributed by atoms with E-state index in [1.54, 1.807) is 6.08 Å². The number of rotatable bonds is 8. The molecule has 0 spiro atoms. The van der Waals surface area contributed by atoms with Crippen molar-refractivity contribution in [1.82, 2.24) is 5.32 Å². The van der Waals surface area contributed by atoms with Gasteiger partial charge in [0.15, 0.2) is 5.11 Å². The van der Waals surface area contributed by atoms with Gasteiger partial charge in [-0.25, -0.2) is 0 Å². The molecule has 132 valence electrons. The highest BCUT2D eigenvalue weighted by molar-refractivity contribution is 7.80. The average molecular weight is 356 g/mol. The lowest BCUT2D eigenvalue weighted by Crippen LogP contribution is -2.39. The maximum absolute atomic E-state index is 5.76. The lowest BCUT2D eigenvalue weighted by molar-refractivity contribution is 0.287. The van der Waals surface area contributed by atoms with Crippen LogP contribution in [0.1, 0.15) is 12.5 Å². The predicted octanol–water partition coefficient (Wildman–Crippen LogP) is 4.31. The Morgan fingerprint density at radius 2 is 1.92 bits per heavy atom. The van der Waals surface area contributed by atoms with Gasteiger partial charge in [0.25, 0.3) is 0 Å². The highest BCUT2D eigenvalue weighted by Crippen LogP contribution is 2.17. The van der Waals surface area contributed by atoms with Crippen molar-refractivity contribution in [2.24, 2.45) is 0 Å². The fourth-order valence-electron chi connectivity index (χ4n) is 2.11. The lowest BCUT2D eigenvalue weighted by Gasteiger charge is -2.18. The van der Waals surface area contributed by atoms with Gasteiger partial charge in [0.2, 0.25) is 0 Å². The number of hydrogen-bond acceptors (Lipinski definition) is 3. The van der Waals surface area contributed by atoms with Crippen molar-refractivity contribution in [3.63, 3.8) is 0 Å². The van der Waals surface area contributed by atoms with Crippen LogP contribution in [-0.2, 0) is 0 Å². The molecule has 2 aromatic rings. The average Bonchev–Trinajstić information content (AvgIpc) is 2.59. The fraction of sp³-hybridized carbons (Fsp3) is 0.250. The number of benzene rings is 2. The first kappa shape index (κ1) is 18.8. The Bertz CT molecular complexity index is 701. The van der Waals surface area contributed by atoms with Crippen LogP contribution < -0.4 is 20.1 Å². The van der Waals surface area contributed by atoms with E-state index in [-0.39, 0.29) is 6.04 Å². The molecule has 1 atom stereocenters. The third-order valence-corrected chi connectivity index (χ3v) is 3.58. The molecule has 0 fully saturated rings. The first-order valence-electron chi connectivity index (χ1n) is 8.17. The molecule has 5 heteroatoms. The van der Waals surface area contributed by atoms with Crippen LogP contribution in [0, 0.1) is 6.92 Å². The van der Waals surface area contributed by atoms with Gasteiger partial charge >= 0.3 is 0 Å². The van der Waals surface area contributed by atoms with Gasteiger partial charge in [0.05, 0.1) is 6.04 Å². The van der Waals surface area contributed by atoms with E-state index in [1.807, 2.05) is 55.5 Å². The van der Waals surface area contributed by atoms with Crippen molar-refractivity contribution >= 4 is 23.0 Å². The quantitative estimate of drug-likeness (QED) is 0.545. The molecule has 0 aliphatic carbocycles. The molecule has 0 unspecified atom stereocenters. The van der Waals surface area contributed by atoms with Crippen molar-refractivity contribution in [2.45, 2.75) is 19.9 Å². The molecular weight excluding hydrogens is 332 g/mol. The lowest BCUT2D eigenvalue weighted by atomic mass is 10.2. The number of nitrogens with one attached hydrogen (secondary N) is 2. The SMILES string of the molecule is C=CCOc1cccc(NC(=S)N[C@H](C)COc2ccc(C)cc2)c1. The number of ether oxygens (including phenoxy) is 2. The Labute approximate surface area is 154 Å². The highest BCUT2D eigenvalue weighted by Gasteiger charge is 2.06. The fourth-order valence-corrected chi connectivity index (χ4v) is 2.43. The molecule has 0 radical (unpaired) electrons. The van der Waals surface area contributed by atoms with E-state index >= 15 is 0 Å². The number of thiocarbonyl (C=S) groups is 1. The Balaban J connectivity index is 1.78. The summed E-state index contributed by atoms with van der Waals surface area (Å²) in [5.41, 5.74) is 2.08. The van der Waals surface area contributed by atoms with Gasteiger partial charge in [0, 0.05) is 11.8 Å². The molecule has 2 rings (SSSR count). The molecular formula is C20H24N2O2S. The summed E-state index contributed by atoms with van der Waals surface area (Å²) in [6, 6.07) is 15.7.